The van der Waals surface area contributed by atoms with Crippen LogP contribution in [0.15, 0.2) is 30.3 Å². The lowest BCUT2D eigenvalue weighted by Gasteiger charge is -2.32. The summed E-state index contributed by atoms with van der Waals surface area (Å²) in [5.41, 5.74) is 1.52. The van der Waals surface area contributed by atoms with Crippen LogP contribution in [0.5, 0.6) is 5.88 Å². The Labute approximate surface area is 198 Å². The summed E-state index contributed by atoms with van der Waals surface area (Å²) in [5.74, 6) is 0.396. The normalized spacial score (nSPS) is 16.9. The lowest BCUT2D eigenvalue weighted by Crippen LogP contribution is -2.45. The Bertz CT molecular complexity index is 940. The van der Waals surface area contributed by atoms with Crippen molar-refractivity contribution < 1.29 is 14.3 Å². The molecule has 0 radical (unpaired) electrons. The van der Waals surface area contributed by atoms with Crippen LogP contribution >= 0.6 is 11.5 Å². The van der Waals surface area contributed by atoms with Gasteiger partial charge in [-0.15, -0.1) is 0 Å². The molecule has 2 fully saturated rings. The van der Waals surface area contributed by atoms with E-state index in [-0.39, 0.29) is 11.9 Å². The number of nitrogens with zero attached hydrogens (tertiary/aromatic N) is 3. The van der Waals surface area contributed by atoms with Gasteiger partial charge in [-0.05, 0) is 62.1 Å². The fraction of sp³-hybridized carbons (Fsp3) is 0.522. The molecule has 10 heteroatoms. The predicted molar refractivity (Wildman–Crippen MR) is 129 cm³/mol. The zero-order valence-electron chi connectivity index (χ0n) is 19.0. The van der Waals surface area contributed by atoms with Gasteiger partial charge in [0, 0.05) is 50.4 Å². The van der Waals surface area contributed by atoms with Gasteiger partial charge in [-0.2, -0.15) is 4.37 Å². The molecule has 1 saturated carbocycles. The maximum atomic E-state index is 12.2. The van der Waals surface area contributed by atoms with E-state index in [1.807, 2.05) is 18.2 Å². The molecule has 2 heterocycles. The minimum absolute atomic E-state index is 0.0472. The molecule has 1 aromatic carbocycles. The van der Waals surface area contributed by atoms with Gasteiger partial charge in [0.05, 0.1) is 0 Å². The maximum Gasteiger partial charge on any atom is 0.319 e. The average Bonchev–Trinajstić information content (AvgIpc) is 3.52. The molecule has 0 atom stereocenters. The summed E-state index contributed by atoms with van der Waals surface area (Å²) in [6, 6.07) is 9.19. The molecule has 178 valence electrons. The molecule has 1 aliphatic heterocycles. The third-order valence-corrected chi connectivity index (χ3v) is 6.43. The van der Waals surface area contributed by atoms with Crippen LogP contribution in [0.3, 0.4) is 0 Å². The van der Waals surface area contributed by atoms with Gasteiger partial charge in [0.25, 0.3) is 5.91 Å². The molecular formula is C23H32N6O3S. The smallest absolute Gasteiger partial charge is 0.319 e. The van der Waals surface area contributed by atoms with Crippen LogP contribution in [-0.2, 0) is 6.61 Å². The molecule has 33 heavy (non-hydrogen) atoms. The second kappa shape index (κ2) is 11.4. The Balaban J connectivity index is 1.15. The van der Waals surface area contributed by atoms with Crippen molar-refractivity contribution in [3.05, 3.63) is 41.5 Å². The van der Waals surface area contributed by atoms with Crippen LogP contribution in [0.25, 0.3) is 0 Å². The fourth-order valence-electron chi connectivity index (χ4n) is 3.57. The Morgan fingerprint density at radius 2 is 2.00 bits per heavy atom. The number of carbonyl (C=O) groups is 2. The molecule has 0 spiro atoms. The van der Waals surface area contributed by atoms with E-state index in [1.165, 1.54) is 11.5 Å². The zero-order chi connectivity index (χ0) is 23.0. The van der Waals surface area contributed by atoms with Crippen LogP contribution in [0.2, 0.25) is 0 Å². The monoisotopic (exact) mass is 472 g/mol. The third kappa shape index (κ3) is 7.69. The van der Waals surface area contributed by atoms with Gasteiger partial charge in [-0.1, -0.05) is 12.1 Å². The molecule has 1 aromatic heterocycles. The molecule has 0 bridgehead atoms. The first-order chi connectivity index (χ1) is 16.0. The summed E-state index contributed by atoms with van der Waals surface area (Å²) < 4.78 is 9.98. The summed E-state index contributed by atoms with van der Waals surface area (Å²) in [6.07, 6.45) is 3.04. The first kappa shape index (κ1) is 23.5. The number of piperazine rings is 1. The molecule has 1 saturated heterocycles. The number of urea groups is 1. The van der Waals surface area contributed by atoms with E-state index in [1.54, 1.807) is 12.1 Å². The van der Waals surface area contributed by atoms with Gasteiger partial charge >= 0.3 is 6.03 Å². The summed E-state index contributed by atoms with van der Waals surface area (Å²) in [5, 5.41) is 9.31. The summed E-state index contributed by atoms with van der Waals surface area (Å²) >= 11 is 1.17. The number of amides is 3. The van der Waals surface area contributed by atoms with Crippen molar-refractivity contribution >= 4 is 28.5 Å². The van der Waals surface area contributed by atoms with Crippen molar-refractivity contribution in [1.29, 1.82) is 0 Å². The number of rotatable bonds is 10. The predicted octanol–water partition coefficient (Wildman–Crippen LogP) is 2.37. The van der Waals surface area contributed by atoms with Crippen molar-refractivity contribution in [1.82, 2.24) is 24.8 Å². The van der Waals surface area contributed by atoms with Crippen LogP contribution in [0.1, 0.15) is 35.2 Å². The standard InChI is InChI=1S/C23H32N6O3S/c1-28-10-12-29(13-11-28)9-3-8-24-23(31)26-21-15-20(27-33-21)32-16-17-4-2-5-18(14-17)22(30)25-19-6-7-19/h2,4-5,14-15,19H,3,6-13,16H2,1H3,(H,25,30)(H2,24,26,31). The maximum absolute atomic E-state index is 12.2. The van der Waals surface area contributed by atoms with E-state index in [4.69, 9.17) is 4.74 Å². The molecule has 3 N–H and O–H groups in total. The molecule has 9 nitrogen and oxygen atoms in total. The van der Waals surface area contributed by atoms with Crippen LogP contribution in [-0.4, -0.2) is 78.5 Å². The van der Waals surface area contributed by atoms with Crippen molar-refractivity contribution in [3.8, 4) is 5.88 Å². The largest absolute Gasteiger partial charge is 0.472 e. The topological polar surface area (TPSA) is 98.8 Å². The van der Waals surface area contributed by atoms with Gasteiger partial charge in [-0.3, -0.25) is 10.1 Å². The van der Waals surface area contributed by atoms with E-state index >= 15 is 0 Å². The SMILES string of the molecule is CN1CCN(CCCNC(=O)Nc2cc(OCc3cccc(C(=O)NC4CC4)c3)ns2)CC1. The molecule has 1 aliphatic carbocycles. The highest BCUT2D eigenvalue weighted by molar-refractivity contribution is 7.10. The number of hydrogen-bond donors (Lipinski definition) is 3. The quantitative estimate of drug-likeness (QED) is 0.459. The zero-order valence-corrected chi connectivity index (χ0v) is 19.8. The number of benzene rings is 1. The number of ether oxygens (including phenoxy) is 1. The Morgan fingerprint density at radius 3 is 2.79 bits per heavy atom. The molecule has 0 unspecified atom stereocenters. The van der Waals surface area contributed by atoms with Crippen molar-refractivity contribution in [2.75, 3.05) is 51.6 Å². The van der Waals surface area contributed by atoms with Gasteiger partial charge in [0.15, 0.2) is 0 Å². The molecule has 4 rings (SSSR count). The molecular weight excluding hydrogens is 440 g/mol. The van der Waals surface area contributed by atoms with E-state index in [0.29, 0.717) is 35.6 Å². The second-order valence-corrected chi connectivity index (χ2v) is 9.45. The first-order valence-electron chi connectivity index (χ1n) is 11.5. The highest BCUT2D eigenvalue weighted by atomic mass is 32.1. The van der Waals surface area contributed by atoms with Gasteiger partial charge in [0.2, 0.25) is 5.88 Å². The first-order valence-corrected chi connectivity index (χ1v) is 12.3. The molecule has 2 aromatic rings. The van der Waals surface area contributed by atoms with Crippen molar-refractivity contribution in [2.45, 2.75) is 31.9 Å². The fourth-order valence-corrected chi connectivity index (χ4v) is 4.16. The number of aromatic nitrogens is 1. The summed E-state index contributed by atoms with van der Waals surface area (Å²) in [7, 11) is 2.15. The molecule has 3 amide bonds. The van der Waals surface area contributed by atoms with Crippen LogP contribution in [0, 0.1) is 0 Å². The van der Waals surface area contributed by atoms with Gasteiger partial charge in [-0.25, -0.2) is 4.79 Å². The Morgan fingerprint density at radius 1 is 1.18 bits per heavy atom. The van der Waals surface area contributed by atoms with Gasteiger partial charge < -0.3 is 25.2 Å². The van der Waals surface area contributed by atoms with Crippen molar-refractivity contribution in [3.63, 3.8) is 0 Å². The van der Waals surface area contributed by atoms with E-state index in [2.05, 4.69) is 37.2 Å². The minimum Gasteiger partial charge on any atom is -0.472 e. The molecule has 2 aliphatic rings. The number of carbonyl (C=O) groups excluding carboxylic acids is 2. The van der Waals surface area contributed by atoms with Crippen molar-refractivity contribution in [2.24, 2.45) is 0 Å². The number of anilines is 1. The van der Waals surface area contributed by atoms with E-state index in [9.17, 15) is 9.59 Å². The lowest BCUT2D eigenvalue weighted by molar-refractivity contribution is 0.0951. The van der Waals surface area contributed by atoms with E-state index < -0.39 is 0 Å². The van der Waals surface area contributed by atoms with Crippen LogP contribution in [0.4, 0.5) is 9.80 Å². The van der Waals surface area contributed by atoms with Crippen LogP contribution < -0.4 is 20.7 Å². The number of nitrogens with one attached hydrogen (secondary N) is 3. The second-order valence-electron chi connectivity index (χ2n) is 8.65. The van der Waals surface area contributed by atoms with Gasteiger partial charge in [0.1, 0.15) is 11.6 Å². The highest BCUT2D eigenvalue weighted by Crippen LogP contribution is 2.23. The third-order valence-electron chi connectivity index (χ3n) is 5.75. The Hall–Kier alpha value is -2.69. The van der Waals surface area contributed by atoms with E-state index in [0.717, 1.165) is 57.5 Å². The Kier molecular flexibility index (Phi) is 8.14. The number of likely N-dealkylation sites (N-methyl/N-ethyl adjacent to an activating group) is 1. The summed E-state index contributed by atoms with van der Waals surface area (Å²) in [6.45, 7) is 6.30. The summed E-state index contributed by atoms with van der Waals surface area (Å²) in [4.78, 5) is 29.1. The minimum atomic E-state index is -0.238. The highest BCUT2D eigenvalue weighted by Gasteiger charge is 2.23. The number of hydrogen-bond acceptors (Lipinski definition) is 7. The average molecular weight is 473 g/mol. The lowest BCUT2D eigenvalue weighted by atomic mass is 10.1.